The fourth-order valence-corrected chi connectivity index (χ4v) is 2.45. The van der Waals surface area contributed by atoms with Gasteiger partial charge in [0, 0.05) is 18.8 Å². The van der Waals surface area contributed by atoms with Crippen molar-refractivity contribution in [1.82, 2.24) is 4.57 Å². The van der Waals surface area contributed by atoms with Crippen LogP contribution < -0.4 is 5.73 Å². The molecule has 1 unspecified atom stereocenters. The summed E-state index contributed by atoms with van der Waals surface area (Å²) in [6, 6.07) is 9.04. The third kappa shape index (κ3) is 2.75. The number of hydrogen-bond donors (Lipinski definition) is 1. The van der Waals surface area contributed by atoms with Crippen LogP contribution in [-0.4, -0.2) is 10.6 Å². The molecule has 98 valence electrons. The zero-order valence-electron chi connectivity index (χ0n) is 11.5. The molecule has 0 amide bonds. The number of nitrogens with two attached hydrogens (primary N) is 1. The van der Waals surface area contributed by atoms with Crippen molar-refractivity contribution < 1.29 is 0 Å². The Bertz CT molecular complexity index is 499. The van der Waals surface area contributed by atoms with Crippen LogP contribution in [-0.2, 0) is 13.0 Å². The molecule has 1 heterocycles. The molecule has 0 saturated carbocycles. The van der Waals surface area contributed by atoms with Crippen molar-refractivity contribution in [3.8, 4) is 0 Å². The number of para-hydroxylation sites is 1. The van der Waals surface area contributed by atoms with E-state index < -0.39 is 0 Å². The molecular weight excluding hydrogens is 220 g/mol. The van der Waals surface area contributed by atoms with Gasteiger partial charge in [0.1, 0.15) is 0 Å². The molecule has 1 aromatic carbocycles. The van der Waals surface area contributed by atoms with Gasteiger partial charge in [-0.25, -0.2) is 0 Å². The van der Waals surface area contributed by atoms with Crippen LogP contribution in [0.2, 0.25) is 0 Å². The van der Waals surface area contributed by atoms with Gasteiger partial charge in [-0.3, -0.25) is 0 Å². The van der Waals surface area contributed by atoms with E-state index in [9.17, 15) is 0 Å². The lowest BCUT2D eigenvalue weighted by Gasteiger charge is -2.13. The Kier molecular flexibility index (Phi) is 4.43. The van der Waals surface area contributed by atoms with Gasteiger partial charge in [-0.05, 0) is 36.3 Å². The molecule has 0 aliphatic heterocycles. The Labute approximate surface area is 110 Å². The smallest absolute Gasteiger partial charge is 0.0513 e. The minimum Gasteiger partial charge on any atom is -0.347 e. The van der Waals surface area contributed by atoms with Gasteiger partial charge in [0.25, 0.3) is 0 Å². The van der Waals surface area contributed by atoms with Crippen LogP contribution in [0.25, 0.3) is 10.9 Å². The van der Waals surface area contributed by atoms with E-state index in [0.29, 0.717) is 0 Å². The van der Waals surface area contributed by atoms with Crippen molar-refractivity contribution in [2.75, 3.05) is 0 Å². The summed E-state index contributed by atoms with van der Waals surface area (Å²) >= 11 is 0. The Morgan fingerprint density at radius 1 is 1.22 bits per heavy atom. The van der Waals surface area contributed by atoms with Crippen molar-refractivity contribution in [3.63, 3.8) is 0 Å². The highest BCUT2D eigenvalue weighted by Gasteiger charge is 2.09. The van der Waals surface area contributed by atoms with Crippen molar-refractivity contribution >= 4 is 10.9 Å². The largest absolute Gasteiger partial charge is 0.347 e. The average molecular weight is 244 g/mol. The first-order valence-electron chi connectivity index (χ1n) is 7.08. The minimum absolute atomic E-state index is 0.269. The molecule has 2 heteroatoms. The predicted molar refractivity (Wildman–Crippen MR) is 78.8 cm³/mol. The number of aromatic nitrogens is 1. The van der Waals surface area contributed by atoms with Crippen LogP contribution in [0.15, 0.2) is 30.5 Å². The Morgan fingerprint density at radius 2 is 2.06 bits per heavy atom. The van der Waals surface area contributed by atoms with E-state index in [0.717, 1.165) is 19.4 Å². The van der Waals surface area contributed by atoms with Crippen molar-refractivity contribution in [2.24, 2.45) is 5.73 Å². The zero-order chi connectivity index (χ0) is 13.0. The maximum absolute atomic E-state index is 6.11. The molecule has 18 heavy (non-hydrogen) atoms. The van der Waals surface area contributed by atoms with E-state index in [1.807, 2.05) is 0 Å². The molecule has 0 bridgehead atoms. The third-order valence-electron chi connectivity index (χ3n) is 3.63. The number of benzene rings is 1. The Balaban J connectivity index is 2.35. The fourth-order valence-electron chi connectivity index (χ4n) is 2.45. The maximum atomic E-state index is 6.11. The summed E-state index contributed by atoms with van der Waals surface area (Å²) in [4.78, 5) is 0. The summed E-state index contributed by atoms with van der Waals surface area (Å²) < 4.78 is 2.39. The molecule has 2 N–H and O–H groups in total. The highest BCUT2D eigenvalue weighted by Crippen LogP contribution is 2.22. The van der Waals surface area contributed by atoms with Gasteiger partial charge < -0.3 is 10.3 Å². The molecule has 2 rings (SSSR count). The lowest BCUT2D eigenvalue weighted by Crippen LogP contribution is -2.21. The first-order valence-corrected chi connectivity index (χ1v) is 7.08. The first kappa shape index (κ1) is 13.2. The van der Waals surface area contributed by atoms with Crippen LogP contribution in [0.5, 0.6) is 0 Å². The Hall–Kier alpha value is -1.28. The number of aryl methyl sites for hydroxylation is 1. The summed E-state index contributed by atoms with van der Waals surface area (Å²) in [6.07, 6.45) is 6.69. The normalized spacial score (nSPS) is 13.1. The van der Waals surface area contributed by atoms with E-state index in [1.165, 1.54) is 29.3 Å². The van der Waals surface area contributed by atoms with Gasteiger partial charge in [0.2, 0.25) is 0 Å². The van der Waals surface area contributed by atoms with Crippen molar-refractivity contribution in [3.05, 3.63) is 36.0 Å². The van der Waals surface area contributed by atoms with Gasteiger partial charge in [-0.15, -0.1) is 0 Å². The van der Waals surface area contributed by atoms with E-state index in [2.05, 4.69) is 48.9 Å². The highest BCUT2D eigenvalue weighted by molar-refractivity contribution is 5.83. The second kappa shape index (κ2) is 6.05. The van der Waals surface area contributed by atoms with E-state index >= 15 is 0 Å². The lowest BCUT2D eigenvalue weighted by atomic mass is 10.0. The summed E-state index contributed by atoms with van der Waals surface area (Å²) in [5.74, 6) is 0. The molecule has 1 atom stereocenters. The number of unbranched alkanes of at least 4 members (excludes halogenated alkanes) is 1. The summed E-state index contributed by atoms with van der Waals surface area (Å²) in [6.45, 7) is 5.50. The number of rotatable bonds is 6. The zero-order valence-corrected chi connectivity index (χ0v) is 11.5. The van der Waals surface area contributed by atoms with E-state index in [1.54, 1.807) is 0 Å². The summed E-state index contributed by atoms with van der Waals surface area (Å²) in [5.41, 5.74) is 8.88. The Morgan fingerprint density at radius 3 is 2.78 bits per heavy atom. The third-order valence-corrected chi connectivity index (χ3v) is 3.63. The van der Waals surface area contributed by atoms with Crippen LogP contribution in [0, 0.1) is 0 Å². The molecule has 0 spiro atoms. The monoisotopic (exact) mass is 244 g/mol. The topological polar surface area (TPSA) is 30.9 Å². The van der Waals surface area contributed by atoms with Gasteiger partial charge in [0.15, 0.2) is 0 Å². The highest BCUT2D eigenvalue weighted by atomic mass is 15.0. The standard InChI is InChI=1S/C16H24N2/c1-3-5-10-18-11-9-13-7-6-8-14(16(13)18)12-15(17)4-2/h6-9,11,15H,3-5,10,12,17H2,1-2H3. The molecule has 0 aliphatic carbocycles. The molecule has 2 aromatic rings. The van der Waals surface area contributed by atoms with Crippen LogP contribution in [0.4, 0.5) is 0 Å². The van der Waals surface area contributed by atoms with Crippen LogP contribution >= 0.6 is 0 Å². The van der Waals surface area contributed by atoms with Gasteiger partial charge in [0.05, 0.1) is 5.52 Å². The lowest BCUT2D eigenvalue weighted by molar-refractivity contribution is 0.633. The summed E-state index contributed by atoms with van der Waals surface area (Å²) in [5, 5.41) is 1.34. The quantitative estimate of drug-likeness (QED) is 0.825. The molecular formula is C16H24N2. The van der Waals surface area contributed by atoms with Gasteiger partial charge >= 0.3 is 0 Å². The van der Waals surface area contributed by atoms with Gasteiger partial charge in [-0.2, -0.15) is 0 Å². The number of fused-ring (bicyclic) bond motifs is 1. The molecule has 0 saturated heterocycles. The van der Waals surface area contributed by atoms with E-state index in [-0.39, 0.29) is 6.04 Å². The number of nitrogens with zero attached hydrogens (tertiary/aromatic N) is 1. The maximum Gasteiger partial charge on any atom is 0.0513 e. The second-order valence-corrected chi connectivity index (χ2v) is 5.09. The van der Waals surface area contributed by atoms with Crippen molar-refractivity contribution in [1.29, 1.82) is 0 Å². The van der Waals surface area contributed by atoms with Crippen LogP contribution in [0.1, 0.15) is 38.7 Å². The molecule has 0 aliphatic rings. The van der Waals surface area contributed by atoms with Crippen molar-refractivity contribution in [2.45, 2.75) is 52.1 Å². The van der Waals surface area contributed by atoms with E-state index in [4.69, 9.17) is 5.73 Å². The predicted octanol–water partition coefficient (Wildman–Crippen LogP) is 3.72. The van der Waals surface area contributed by atoms with Gasteiger partial charge in [-0.1, -0.05) is 38.5 Å². The summed E-state index contributed by atoms with van der Waals surface area (Å²) in [7, 11) is 0. The molecule has 1 aromatic heterocycles. The second-order valence-electron chi connectivity index (χ2n) is 5.09. The molecule has 0 radical (unpaired) electrons. The molecule has 0 fully saturated rings. The average Bonchev–Trinajstić information content (AvgIpc) is 2.80. The SMILES string of the molecule is CCCCn1ccc2cccc(CC(N)CC)c21. The first-order chi connectivity index (χ1) is 8.76. The molecule has 2 nitrogen and oxygen atoms in total. The fraction of sp³-hybridized carbons (Fsp3) is 0.500. The minimum atomic E-state index is 0.269. The van der Waals surface area contributed by atoms with Crippen LogP contribution in [0.3, 0.4) is 0 Å². The number of hydrogen-bond acceptors (Lipinski definition) is 1.